The number of amides is 1. The number of nitrogens with one attached hydrogen (secondary N) is 2. The Morgan fingerprint density at radius 1 is 1.29 bits per heavy atom. The van der Waals surface area contributed by atoms with Crippen LogP contribution in [0.4, 0.5) is 5.69 Å². The van der Waals surface area contributed by atoms with E-state index in [4.69, 9.17) is 5.73 Å². The summed E-state index contributed by atoms with van der Waals surface area (Å²) < 4.78 is 26.7. The molecule has 0 aliphatic heterocycles. The molecule has 0 unspecified atom stereocenters. The first-order chi connectivity index (χ1) is 9.89. The highest BCUT2D eigenvalue weighted by atomic mass is 32.2. The Balaban J connectivity index is 2.27. The van der Waals surface area contributed by atoms with Crippen LogP contribution >= 0.6 is 0 Å². The SMILES string of the molecule is CCNS(=O)(=O)c1ccccc1NC(=O)C1(N)CCCC1. The second-order valence-electron chi connectivity index (χ2n) is 5.31. The third-order valence-corrected chi connectivity index (χ3v) is 5.31. The highest BCUT2D eigenvalue weighted by Gasteiger charge is 2.37. The van der Waals surface area contributed by atoms with Crippen LogP contribution in [0.1, 0.15) is 32.6 Å². The summed E-state index contributed by atoms with van der Waals surface area (Å²) in [6.45, 7) is 1.98. The summed E-state index contributed by atoms with van der Waals surface area (Å²) in [6.07, 6.45) is 3.09. The molecule has 0 aromatic heterocycles. The average Bonchev–Trinajstić information content (AvgIpc) is 2.87. The van der Waals surface area contributed by atoms with Gasteiger partial charge in [0.2, 0.25) is 15.9 Å². The Labute approximate surface area is 125 Å². The molecule has 4 N–H and O–H groups in total. The fourth-order valence-electron chi connectivity index (χ4n) is 2.55. The van der Waals surface area contributed by atoms with Gasteiger partial charge in [0.1, 0.15) is 4.90 Å². The van der Waals surface area contributed by atoms with Gasteiger partial charge < -0.3 is 11.1 Å². The van der Waals surface area contributed by atoms with Crippen molar-refractivity contribution in [1.82, 2.24) is 4.72 Å². The van der Waals surface area contributed by atoms with Gasteiger partial charge in [-0.25, -0.2) is 13.1 Å². The summed E-state index contributed by atoms with van der Waals surface area (Å²) in [5.41, 5.74) is 5.46. The zero-order chi connectivity index (χ0) is 15.5. The fraction of sp³-hybridized carbons (Fsp3) is 0.500. The van der Waals surface area contributed by atoms with Crippen LogP contribution in [0.5, 0.6) is 0 Å². The lowest BCUT2D eigenvalue weighted by Gasteiger charge is -2.23. The van der Waals surface area contributed by atoms with E-state index in [-0.39, 0.29) is 23.0 Å². The van der Waals surface area contributed by atoms with E-state index in [1.165, 1.54) is 6.07 Å². The molecule has 1 saturated carbocycles. The van der Waals surface area contributed by atoms with E-state index in [0.29, 0.717) is 12.8 Å². The molecule has 0 radical (unpaired) electrons. The molecule has 1 aromatic rings. The highest BCUT2D eigenvalue weighted by molar-refractivity contribution is 7.89. The normalized spacial score (nSPS) is 17.6. The number of hydrogen-bond acceptors (Lipinski definition) is 4. The van der Waals surface area contributed by atoms with E-state index in [2.05, 4.69) is 10.0 Å². The largest absolute Gasteiger partial charge is 0.323 e. The van der Waals surface area contributed by atoms with Gasteiger partial charge in [-0.3, -0.25) is 4.79 Å². The van der Waals surface area contributed by atoms with Crippen molar-refractivity contribution < 1.29 is 13.2 Å². The Hall–Kier alpha value is -1.44. The molecule has 0 heterocycles. The molecular formula is C14H21N3O3S. The topological polar surface area (TPSA) is 101 Å². The minimum atomic E-state index is -3.64. The van der Waals surface area contributed by atoms with Gasteiger partial charge >= 0.3 is 0 Å². The number of nitrogens with two attached hydrogens (primary N) is 1. The van der Waals surface area contributed by atoms with Crippen LogP contribution in [0.25, 0.3) is 0 Å². The van der Waals surface area contributed by atoms with E-state index in [9.17, 15) is 13.2 Å². The maximum absolute atomic E-state index is 12.3. The van der Waals surface area contributed by atoms with Crippen molar-refractivity contribution in [3.05, 3.63) is 24.3 Å². The molecule has 0 saturated heterocycles. The number of para-hydroxylation sites is 1. The predicted octanol–water partition coefficient (Wildman–Crippen LogP) is 1.19. The quantitative estimate of drug-likeness (QED) is 0.760. The maximum atomic E-state index is 12.3. The molecule has 1 aliphatic carbocycles. The zero-order valence-electron chi connectivity index (χ0n) is 12.1. The summed E-state index contributed by atoms with van der Waals surface area (Å²) in [4.78, 5) is 12.4. The minimum Gasteiger partial charge on any atom is -0.323 e. The van der Waals surface area contributed by atoms with Crippen LogP contribution in [0, 0.1) is 0 Å². The molecule has 7 heteroatoms. The van der Waals surface area contributed by atoms with Crippen LogP contribution in [-0.4, -0.2) is 26.4 Å². The van der Waals surface area contributed by atoms with Crippen LogP contribution in [0.15, 0.2) is 29.2 Å². The Morgan fingerprint density at radius 2 is 1.90 bits per heavy atom. The first-order valence-electron chi connectivity index (χ1n) is 7.08. The molecule has 6 nitrogen and oxygen atoms in total. The third kappa shape index (κ3) is 3.42. The minimum absolute atomic E-state index is 0.0572. The lowest BCUT2D eigenvalue weighted by molar-refractivity contribution is -0.121. The smallest absolute Gasteiger partial charge is 0.244 e. The molecule has 116 valence electrons. The van der Waals surface area contributed by atoms with E-state index >= 15 is 0 Å². The lowest BCUT2D eigenvalue weighted by atomic mass is 9.98. The maximum Gasteiger partial charge on any atom is 0.244 e. The molecule has 0 spiro atoms. The predicted molar refractivity (Wildman–Crippen MR) is 81.3 cm³/mol. The van der Waals surface area contributed by atoms with Gasteiger partial charge in [0.05, 0.1) is 11.2 Å². The van der Waals surface area contributed by atoms with E-state index in [1.807, 2.05) is 0 Å². The first-order valence-corrected chi connectivity index (χ1v) is 8.56. The van der Waals surface area contributed by atoms with Crippen LogP contribution in [0.2, 0.25) is 0 Å². The van der Waals surface area contributed by atoms with E-state index in [0.717, 1.165) is 12.8 Å². The second-order valence-corrected chi connectivity index (χ2v) is 7.05. The van der Waals surface area contributed by atoms with Crippen molar-refractivity contribution in [2.45, 2.75) is 43.0 Å². The Morgan fingerprint density at radius 3 is 2.52 bits per heavy atom. The summed E-state index contributed by atoms with van der Waals surface area (Å²) in [5.74, 6) is -0.320. The van der Waals surface area contributed by atoms with Gasteiger partial charge in [0.15, 0.2) is 0 Å². The summed E-state index contributed by atoms with van der Waals surface area (Å²) in [5, 5.41) is 2.67. The van der Waals surface area contributed by atoms with Crippen LogP contribution in [0.3, 0.4) is 0 Å². The van der Waals surface area contributed by atoms with Gasteiger partial charge in [-0.1, -0.05) is 31.9 Å². The number of sulfonamides is 1. The van der Waals surface area contributed by atoms with Crippen molar-refractivity contribution in [1.29, 1.82) is 0 Å². The van der Waals surface area contributed by atoms with Gasteiger partial charge in [-0.2, -0.15) is 0 Å². The van der Waals surface area contributed by atoms with Crippen LogP contribution < -0.4 is 15.8 Å². The van der Waals surface area contributed by atoms with Gasteiger partial charge in [-0.15, -0.1) is 0 Å². The van der Waals surface area contributed by atoms with E-state index < -0.39 is 15.6 Å². The second kappa shape index (κ2) is 6.13. The molecular weight excluding hydrogens is 290 g/mol. The molecule has 0 bridgehead atoms. The first kappa shape index (κ1) is 15.9. The number of carbonyl (C=O) groups is 1. The molecule has 0 atom stereocenters. The molecule has 1 fully saturated rings. The van der Waals surface area contributed by atoms with Crippen molar-refractivity contribution in [2.75, 3.05) is 11.9 Å². The van der Waals surface area contributed by atoms with Crippen LogP contribution in [-0.2, 0) is 14.8 Å². The zero-order valence-corrected chi connectivity index (χ0v) is 12.9. The highest BCUT2D eigenvalue weighted by Crippen LogP contribution is 2.29. The molecule has 1 aliphatic rings. The number of benzene rings is 1. The summed E-state index contributed by atoms with van der Waals surface area (Å²) in [7, 11) is -3.64. The number of anilines is 1. The van der Waals surface area contributed by atoms with Gasteiger partial charge in [0, 0.05) is 6.54 Å². The standard InChI is InChI=1S/C14H21N3O3S/c1-2-16-21(19,20)12-8-4-3-7-11(12)17-13(18)14(15)9-5-6-10-14/h3-4,7-8,16H,2,5-6,9-10,15H2,1H3,(H,17,18). The average molecular weight is 311 g/mol. The molecule has 2 rings (SSSR count). The lowest BCUT2D eigenvalue weighted by Crippen LogP contribution is -2.48. The van der Waals surface area contributed by atoms with Gasteiger partial charge in [0.25, 0.3) is 0 Å². The number of hydrogen-bond donors (Lipinski definition) is 3. The Kier molecular flexibility index (Phi) is 4.65. The molecule has 1 amide bonds. The summed E-state index contributed by atoms with van der Waals surface area (Å²) in [6, 6.07) is 6.33. The van der Waals surface area contributed by atoms with Crippen molar-refractivity contribution in [3.63, 3.8) is 0 Å². The summed E-state index contributed by atoms with van der Waals surface area (Å²) >= 11 is 0. The fourth-order valence-corrected chi connectivity index (χ4v) is 3.75. The molecule has 1 aromatic carbocycles. The van der Waals surface area contributed by atoms with Gasteiger partial charge in [-0.05, 0) is 25.0 Å². The third-order valence-electron chi connectivity index (χ3n) is 3.71. The Bertz CT molecular complexity index is 622. The van der Waals surface area contributed by atoms with E-state index in [1.54, 1.807) is 25.1 Å². The monoisotopic (exact) mass is 311 g/mol. The molecule has 21 heavy (non-hydrogen) atoms. The van der Waals surface area contributed by atoms with Crippen molar-refractivity contribution in [2.24, 2.45) is 5.73 Å². The number of carbonyl (C=O) groups excluding carboxylic acids is 1. The van der Waals surface area contributed by atoms with Crippen molar-refractivity contribution >= 4 is 21.6 Å². The number of rotatable bonds is 5. The van der Waals surface area contributed by atoms with Crippen molar-refractivity contribution in [3.8, 4) is 0 Å².